The van der Waals surface area contributed by atoms with Gasteiger partial charge in [-0.2, -0.15) is 5.10 Å². The maximum Gasteiger partial charge on any atom is 0.320 e. The van der Waals surface area contributed by atoms with Crippen LogP contribution in [-0.4, -0.2) is 39.1 Å². The number of aliphatic hydroxyl groups excluding tert-OH is 1. The number of aliphatic hydroxyl groups is 1. The number of rotatable bonds is 8. The van der Waals surface area contributed by atoms with Crippen LogP contribution in [0.1, 0.15) is 24.2 Å². The summed E-state index contributed by atoms with van der Waals surface area (Å²) in [7, 11) is 0. The van der Waals surface area contributed by atoms with Crippen molar-refractivity contribution in [2.24, 2.45) is 0 Å². The average molecular weight is 449 g/mol. The molecule has 0 aliphatic heterocycles. The summed E-state index contributed by atoms with van der Waals surface area (Å²) >= 11 is 0. The molecule has 3 N–H and O–H groups in total. The first kappa shape index (κ1) is 22.4. The standard InChI is InChI=1S/C24H24FN5O3/c1-16(17-5-3-2-4-6-17)27-24(32)29-22-13-18-14-26-30(20-9-7-19(25)8-10-20)23(18)21(28-22)15-33-12-11-31/h2-10,13-14,16,31H,11-12,15H2,1H3,(H2,27,28,29,32)/t16-/m1/s1. The van der Waals surface area contributed by atoms with Gasteiger partial charge in [0.2, 0.25) is 0 Å². The zero-order chi connectivity index (χ0) is 23.2. The van der Waals surface area contributed by atoms with Gasteiger partial charge in [0.15, 0.2) is 0 Å². The highest BCUT2D eigenvalue weighted by atomic mass is 19.1. The molecule has 1 atom stereocenters. The molecule has 2 amide bonds. The molecule has 33 heavy (non-hydrogen) atoms. The van der Waals surface area contributed by atoms with Crippen molar-refractivity contribution in [1.82, 2.24) is 20.1 Å². The van der Waals surface area contributed by atoms with Crippen LogP contribution in [0.15, 0.2) is 66.9 Å². The van der Waals surface area contributed by atoms with Crippen LogP contribution in [0, 0.1) is 5.82 Å². The van der Waals surface area contributed by atoms with E-state index in [1.165, 1.54) is 12.1 Å². The summed E-state index contributed by atoms with van der Waals surface area (Å²) in [5.41, 5.74) is 2.83. The Morgan fingerprint density at radius 2 is 1.94 bits per heavy atom. The van der Waals surface area contributed by atoms with E-state index in [-0.39, 0.29) is 31.7 Å². The van der Waals surface area contributed by atoms with Crippen molar-refractivity contribution in [1.29, 1.82) is 0 Å². The summed E-state index contributed by atoms with van der Waals surface area (Å²) < 4.78 is 20.5. The number of anilines is 1. The van der Waals surface area contributed by atoms with Gasteiger partial charge in [0.05, 0.1) is 49.0 Å². The minimum absolute atomic E-state index is 0.0987. The van der Waals surface area contributed by atoms with Crippen LogP contribution < -0.4 is 10.6 Å². The number of nitrogens with one attached hydrogen (secondary N) is 2. The molecule has 0 bridgehead atoms. The number of pyridine rings is 1. The predicted molar refractivity (Wildman–Crippen MR) is 123 cm³/mol. The number of ether oxygens (including phenoxy) is 1. The van der Waals surface area contributed by atoms with Crippen LogP contribution in [-0.2, 0) is 11.3 Å². The van der Waals surface area contributed by atoms with Crippen molar-refractivity contribution >= 4 is 22.8 Å². The Morgan fingerprint density at radius 3 is 2.67 bits per heavy atom. The lowest BCUT2D eigenvalue weighted by Gasteiger charge is -2.15. The molecule has 0 aliphatic carbocycles. The Hall–Kier alpha value is -3.82. The molecule has 4 aromatic rings. The van der Waals surface area contributed by atoms with Crippen LogP contribution in [0.2, 0.25) is 0 Å². The normalized spacial score (nSPS) is 12.0. The van der Waals surface area contributed by atoms with Crippen LogP contribution in [0.4, 0.5) is 15.0 Å². The number of urea groups is 1. The fourth-order valence-corrected chi connectivity index (χ4v) is 3.48. The largest absolute Gasteiger partial charge is 0.394 e. The quantitative estimate of drug-likeness (QED) is 0.354. The van der Waals surface area contributed by atoms with E-state index in [1.54, 1.807) is 29.1 Å². The van der Waals surface area contributed by atoms with Gasteiger partial charge in [0, 0.05) is 5.39 Å². The lowest BCUT2D eigenvalue weighted by atomic mass is 10.1. The van der Waals surface area contributed by atoms with Crippen LogP contribution in [0.25, 0.3) is 16.6 Å². The van der Waals surface area contributed by atoms with Crippen molar-refractivity contribution in [2.75, 3.05) is 18.5 Å². The third-order valence-electron chi connectivity index (χ3n) is 5.05. The van der Waals surface area contributed by atoms with Gasteiger partial charge in [-0.1, -0.05) is 30.3 Å². The van der Waals surface area contributed by atoms with Crippen LogP contribution in [0.3, 0.4) is 0 Å². The minimum Gasteiger partial charge on any atom is -0.394 e. The Kier molecular flexibility index (Phi) is 6.92. The highest BCUT2D eigenvalue weighted by Gasteiger charge is 2.16. The predicted octanol–water partition coefficient (Wildman–Crippen LogP) is 3.95. The van der Waals surface area contributed by atoms with Crippen molar-refractivity contribution in [3.63, 3.8) is 0 Å². The van der Waals surface area contributed by atoms with Crippen molar-refractivity contribution in [3.8, 4) is 5.69 Å². The number of carbonyl (C=O) groups excluding carboxylic acids is 1. The van der Waals surface area contributed by atoms with Gasteiger partial charge in [-0.3, -0.25) is 5.32 Å². The van der Waals surface area contributed by atoms with Crippen LogP contribution in [0.5, 0.6) is 0 Å². The van der Waals surface area contributed by atoms with Crippen molar-refractivity contribution < 1.29 is 19.0 Å². The lowest BCUT2D eigenvalue weighted by Crippen LogP contribution is -2.31. The number of nitrogens with zero attached hydrogens (tertiary/aromatic N) is 3. The molecule has 2 aromatic carbocycles. The van der Waals surface area contributed by atoms with Gasteiger partial charge in [0.1, 0.15) is 11.6 Å². The molecule has 2 aromatic heterocycles. The van der Waals surface area contributed by atoms with Gasteiger partial charge in [0.25, 0.3) is 0 Å². The lowest BCUT2D eigenvalue weighted by molar-refractivity contribution is 0.0803. The zero-order valence-corrected chi connectivity index (χ0v) is 18.0. The number of hydrogen-bond acceptors (Lipinski definition) is 5. The second-order valence-electron chi connectivity index (χ2n) is 7.43. The van der Waals surface area contributed by atoms with Gasteiger partial charge < -0.3 is 15.2 Å². The Morgan fingerprint density at radius 1 is 1.18 bits per heavy atom. The molecule has 8 nitrogen and oxygen atoms in total. The first-order valence-corrected chi connectivity index (χ1v) is 10.5. The number of halogens is 1. The van der Waals surface area contributed by atoms with Gasteiger partial charge >= 0.3 is 6.03 Å². The number of amides is 2. The molecule has 9 heteroatoms. The van der Waals surface area contributed by atoms with E-state index in [9.17, 15) is 9.18 Å². The van der Waals surface area contributed by atoms with Crippen molar-refractivity contribution in [2.45, 2.75) is 19.6 Å². The van der Waals surface area contributed by atoms with E-state index in [0.717, 1.165) is 10.9 Å². The maximum absolute atomic E-state index is 13.4. The number of hydrogen-bond donors (Lipinski definition) is 3. The van der Waals surface area contributed by atoms with E-state index in [4.69, 9.17) is 9.84 Å². The summed E-state index contributed by atoms with van der Waals surface area (Å²) in [4.78, 5) is 17.1. The number of carbonyl (C=O) groups is 1. The monoisotopic (exact) mass is 449 g/mol. The Labute approximate surface area is 190 Å². The third kappa shape index (κ3) is 5.33. The number of benzene rings is 2. The maximum atomic E-state index is 13.4. The summed E-state index contributed by atoms with van der Waals surface area (Å²) in [5, 5.41) is 19.9. The summed E-state index contributed by atoms with van der Waals surface area (Å²) in [6.07, 6.45) is 1.64. The Bertz CT molecular complexity index is 1230. The average Bonchev–Trinajstić information content (AvgIpc) is 3.24. The highest BCUT2D eigenvalue weighted by Crippen LogP contribution is 2.25. The molecule has 2 heterocycles. The fraction of sp³-hybridized carbons (Fsp3) is 0.208. The molecule has 0 radical (unpaired) electrons. The molecule has 0 fully saturated rings. The molecule has 4 rings (SSSR count). The van der Waals surface area contributed by atoms with E-state index in [1.807, 2.05) is 37.3 Å². The van der Waals surface area contributed by atoms with Gasteiger partial charge in [-0.05, 0) is 42.8 Å². The second kappa shape index (κ2) is 10.2. The first-order chi connectivity index (χ1) is 16.0. The summed E-state index contributed by atoms with van der Waals surface area (Å²) in [5.74, 6) is -0.0106. The summed E-state index contributed by atoms with van der Waals surface area (Å²) in [6, 6.07) is 16.7. The van der Waals surface area contributed by atoms with Gasteiger partial charge in [-0.25, -0.2) is 18.9 Å². The van der Waals surface area contributed by atoms with Gasteiger partial charge in [-0.15, -0.1) is 0 Å². The van der Waals surface area contributed by atoms with E-state index in [0.29, 0.717) is 22.7 Å². The summed E-state index contributed by atoms with van der Waals surface area (Å²) in [6.45, 7) is 2.01. The third-order valence-corrected chi connectivity index (χ3v) is 5.05. The number of aromatic nitrogens is 3. The number of fused-ring (bicyclic) bond motifs is 1. The SMILES string of the molecule is C[C@@H](NC(=O)Nc1cc2cnn(-c3ccc(F)cc3)c2c(COCCO)n1)c1ccccc1. The highest BCUT2D eigenvalue weighted by molar-refractivity contribution is 5.92. The second-order valence-corrected chi connectivity index (χ2v) is 7.43. The van der Waals surface area contributed by atoms with Crippen molar-refractivity contribution in [3.05, 3.63) is 83.9 Å². The molecular formula is C24H24FN5O3. The zero-order valence-electron chi connectivity index (χ0n) is 18.0. The van der Waals surface area contributed by atoms with E-state index in [2.05, 4.69) is 20.7 Å². The Balaban J connectivity index is 1.61. The topological polar surface area (TPSA) is 101 Å². The molecule has 0 unspecified atom stereocenters. The molecule has 0 saturated carbocycles. The van der Waals surface area contributed by atoms with Crippen LogP contribution >= 0.6 is 0 Å². The molecule has 0 aliphatic rings. The smallest absolute Gasteiger partial charge is 0.320 e. The molecule has 0 spiro atoms. The van der Waals surface area contributed by atoms with E-state index >= 15 is 0 Å². The molecule has 0 saturated heterocycles. The minimum atomic E-state index is -0.397. The fourth-order valence-electron chi connectivity index (χ4n) is 3.48. The molecule has 170 valence electrons. The first-order valence-electron chi connectivity index (χ1n) is 10.5. The molecular weight excluding hydrogens is 425 g/mol. The van der Waals surface area contributed by atoms with E-state index < -0.39 is 6.03 Å².